The van der Waals surface area contributed by atoms with Gasteiger partial charge in [0.25, 0.3) is 0 Å². The van der Waals surface area contributed by atoms with Crippen molar-refractivity contribution >= 4 is 35.0 Å². The van der Waals surface area contributed by atoms with E-state index < -0.39 is 0 Å². The number of rotatable bonds is 5. The van der Waals surface area contributed by atoms with Gasteiger partial charge in [0.15, 0.2) is 0 Å². The predicted octanol–water partition coefficient (Wildman–Crippen LogP) is 5.94. The third-order valence-corrected chi connectivity index (χ3v) is 6.78. The molecule has 3 aromatic rings. The molecule has 1 atom stereocenters. The van der Waals surface area contributed by atoms with Crippen LogP contribution in [0, 0.1) is 0 Å². The van der Waals surface area contributed by atoms with E-state index in [1.807, 2.05) is 71.6 Å². The number of anilines is 2. The van der Waals surface area contributed by atoms with E-state index in [4.69, 9.17) is 0 Å². The van der Waals surface area contributed by atoms with Crippen LogP contribution in [0.1, 0.15) is 42.8 Å². The Morgan fingerprint density at radius 1 is 0.969 bits per heavy atom. The quantitative estimate of drug-likeness (QED) is 0.529. The molecule has 4 nitrogen and oxygen atoms in total. The van der Waals surface area contributed by atoms with Crippen LogP contribution in [0.15, 0.2) is 78.9 Å². The molecule has 0 radical (unpaired) electrons. The smallest absolute Gasteiger partial charge is 0.238 e. The summed E-state index contributed by atoms with van der Waals surface area (Å²) in [5.74, 6) is 0.528. The van der Waals surface area contributed by atoms with Gasteiger partial charge in [-0.2, -0.15) is 0 Å². The summed E-state index contributed by atoms with van der Waals surface area (Å²) in [7, 11) is 0. The summed E-state index contributed by atoms with van der Waals surface area (Å²) in [5.41, 5.74) is 5.01. The molecule has 0 spiro atoms. The van der Waals surface area contributed by atoms with Crippen molar-refractivity contribution in [2.45, 2.75) is 38.0 Å². The lowest BCUT2D eigenvalue weighted by molar-refractivity contribution is -0.116. The summed E-state index contributed by atoms with van der Waals surface area (Å²) < 4.78 is 0. The molecular formula is C27H28N2O2S. The standard InChI is InChI=1S/C27H28N2O2S/c1-27(2,3)21-11-15-23(16-12-21)29-25(31)18-32-26(29)20-9-13-22(14-10-20)28-24(30)17-19-7-5-4-6-8-19/h4-16,26H,17-18H2,1-3H3,(H,28,30). The lowest BCUT2D eigenvalue weighted by Gasteiger charge is -2.26. The molecule has 1 aliphatic rings. The Balaban J connectivity index is 1.46. The molecule has 4 rings (SSSR count). The molecule has 1 aliphatic heterocycles. The molecule has 1 heterocycles. The van der Waals surface area contributed by atoms with Gasteiger partial charge in [0.1, 0.15) is 5.37 Å². The number of nitrogens with one attached hydrogen (secondary N) is 1. The van der Waals surface area contributed by atoms with E-state index in [-0.39, 0.29) is 22.6 Å². The van der Waals surface area contributed by atoms with E-state index in [9.17, 15) is 9.59 Å². The molecule has 1 unspecified atom stereocenters. The van der Waals surface area contributed by atoms with Crippen LogP contribution < -0.4 is 10.2 Å². The molecule has 0 aromatic heterocycles. The number of carbonyl (C=O) groups excluding carboxylic acids is 2. The first-order chi connectivity index (χ1) is 15.3. The summed E-state index contributed by atoms with van der Waals surface area (Å²) in [5, 5.41) is 2.88. The van der Waals surface area contributed by atoms with Crippen LogP contribution in [0.2, 0.25) is 0 Å². The number of thioether (sulfide) groups is 1. The molecule has 0 aliphatic carbocycles. The molecule has 1 N–H and O–H groups in total. The number of carbonyl (C=O) groups is 2. The average molecular weight is 445 g/mol. The van der Waals surface area contributed by atoms with E-state index in [1.54, 1.807) is 11.8 Å². The van der Waals surface area contributed by atoms with Crippen molar-refractivity contribution in [3.63, 3.8) is 0 Å². The number of benzene rings is 3. The molecule has 32 heavy (non-hydrogen) atoms. The Hall–Kier alpha value is -3.05. The zero-order valence-electron chi connectivity index (χ0n) is 18.7. The van der Waals surface area contributed by atoms with Crippen LogP contribution in [0.5, 0.6) is 0 Å². The minimum absolute atomic E-state index is 0.0464. The van der Waals surface area contributed by atoms with E-state index in [0.29, 0.717) is 12.2 Å². The van der Waals surface area contributed by atoms with Crippen molar-refractivity contribution in [3.8, 4) is 0 Å². The van der Waals surface area contributed by atoms with Crippen LogP contribution in [0.3, 0.4) is 0 Å². The van der Waals surface area contributed by atoms with Gasteiger partial charge in [-0.05, 0) is 46.4 Å². The van der Waals surface area contributed by atoms with E-state index in [2.05, 4.69) is 38.2 Å². The molecule has 1 fully saturated rings. The molecular weight excluding hydrogens is 416 g/mol. The van der Waals surface area contributed by atoms with Crippen molar-refractivity contribution in [2.24, 2.45) is 0 Å². The highest BCUT2D eigenvalue weighted by Gasteiger charge is 2.34. The fraction of sp³-hybridized carbons (Fsp3) is 0.259. The minimum atomic E-state index is -0.0722. The molecule has 0 saturated carbocycles. The Labute approximate surface area is 194 Å². The van der Waals surface area contributed by atoms with Gasteiger partial charge < -0.3 is 5.32 Å². The monoisotopic (exact) mass is 444 g/mol. The van der Waals surface area contributed by atoms with Crippen molar-refractivity contribution in [2.75, 3.05) is 16.0 Å². The lowest BCUT2D eigenvalue weighted by Crippen LogP contribution is -2.28. The van der Waals surface area contributed by atoms with Gasteiger partial charge in [0.05, 0.1) is 12.2 Å². The average Bonchev–Trinajstić information content (AvgIpc) is 3.16. The topological polar surface area (TPSA) is 49.4 Å². The SMILES string of the molecule is CC(C)(C)c1ccc(N2C(=O)CSC2c2ccc(NC(=O)Cc3ccccc3)cc2)cc1. The summed E-state index contributed by atoms with van der Waals surface area (Å²) in [6, 6.07) is 25.8. The van der Waals surface area contributed by atoms with E-state index in [0.717, 1.165) is 22.5 Å². The molecule has 3 aromatic carbocycles. The number of hydrogen-bond acceptors (Lipinski definition) is 3. The van der Waals surface area contributed by atoms with E-state index >= 15 is 0 Å². The molecule has 5 heteroatoms. The second-order valence-electron chi connectivity index (χ2n) is 9.06. The van der Waals surface area contributed by atoms with Crippen LogP contribution in [0.25, 0.3) is 0 Å². The number of hydrogen-bond donors (Lipinski definition) is 1. The fourth-order valence-electron chi connectivity index (χ4n) is 3.79. The molecule has 0 bridgehead atoms. The Kier molecular flexibility index (Phi) is 6.38. The normalized spacial score (nSPS) is 16.3. The van der Waals surface area contributed by atoms with Crippen molar-refractivity contribution in [3.05, 3.63) is 95.6 Å². The van der Waals surface area contributed by atoms with Crippen LogP contribution in [-0.2, 0) is 21.4 Å². The maximum Gasteiger partial charge on any atom is 0.238 e. The maximum atomic E-state index is 12.7. The predicted molar refractivity (Wildman–Crippen MR) is 133 cm³/mol. The lowest BCUT2D eigenvalue weighted by atomic mass is 9.87. The van der Waals surface area contributed by atoms with Gasteiger partial charge in [0, 0.05) is 11.4 Å². The minimum Gasteiger partial charge on any atom is -0.326 e. The Morgan fingerprint density at radius 3 is 2.25 bits per heavy atom. The first kappa shape index (κ1) is 22.2. The van der Waals surface area contributed by atoms with Crippen molar-refractivity contribution in [1.29, 1.82) is 0 Å². The van der Waals surface area contributed by atoms with Gasteiger partial charge in [-0.3, -0.25) is 14.5 Å². The second-order valence-corrected chi connectivity index (χ2v) is 10.1. The summed E-state index contributed by atoms with van der Waals surface area (Å²) >= 11 is 1.63. The Morgan fingerprint density at radius 2 is 1.62 bits per heavy atom. The highest BCUT2D eigenvalue weighted by molar-refractivity contribution is 8.00. The second kappa shape index (κ2) is 9.21. The molecule has 1 saturated heterocycles. The van der Waals surface area contributed by atoms with Gasteiger partial charge in [-0.15, -0.1) is 11.8 Å². The summed E-state index contributed by atoms with van der Waals surface area (Å²) in [4.78, 5) is 26.9. The summed E-state index contributed by atoms with van der Waals surface area (Å²) in [6.45, 7) is 6.55. The van der Waals surface area contributed by atoms with Gasteiger partial charge >= 0.3 is 0 Å². The zero-order chi connectivity index (χ0) is 22.7. The number of amides is 2. The van der Waals surface area contributed by atoms with Crippen LogP contribution >= 0.6 is 11.8 Å². The largest absolute Gasteiger partial charge is 0.326 e. The molecule has 164 valence electrons. The third kappa shape index (κ3) is 5.05. The van der Waals surface area contributed by atoms with Gasteiger partial charge in [-0.25, -0.2) is 0 Å². The summed E-state index contributed by atoms with van der Waals surface area (Å²) in [6.07, 6.45) is 0.341. The van der Waals surface area contributed by atoms with Crippen molar-refractivity contribution < 1.29 is 9.59 Å². The van der Waals surface area contributed by atoms with Gasteiger partial charge in [-0.1, -0.05) is 75.4 Å². The first-order valence-electron chi connectivity index (χ1n) is 10.8. The van der Waals surface area contributed by atoms with Gasteiger partial charge in [0.2, 0.25) is 11.8 Å². The maximum absolute atomic E-state index is 12.7. The molecule has 2 amide bonds. The van der Waals surface area contributed by atoms with Crippen molar-refractivity contribution in [1.82, 2.24) is 0 Å². The highest BCUT2D eigenvalue weighted by Crippen LogP contribution is 2.42. The van der Waals surface area contributed by atoms with Crippen LogP contribution in [0.4, 0.5) is 11.4 Å². The Bertz CT molecular complexity index is 1090. The fourth-order valence-corrected chi connectivity index (χ4v) is 4.97. The first-order valence-corrected chi connectivity index (χ1v) is 11.8. The number of nitrogens with zero attached hydrogens (tertiary/aromatic N) is 1. The third-order valence-electron chi connectivity index (χ3n) is 5.57. The van der Waals surface area contributed by atoms with Crippen LogP contribution in [-0.4, -0.2) is 17.6 Å². The van der Waals surface area contributed by atoms with E-state index in [1.165, 1.54) is 5.56 Å². The highest BCUT2D eigenvalue weighted by atomic mass is 32.2. The zero-order valence-corrected chi connectivity index (χ0v) is 19.5.